The van der Waals surface area contributed by atoms with Crippen LogP contribution in [0, 0.1) is 34.0 Å². The number of hydrogen-bond acceptors (Lipinski definition) is 6. The number of allylic oxidation sites excluding steroid dienone is 2. The summed E-state index contributed by atoms with van der Waals surface area (Å²) >= 11 is 0. The molecule has 0 spiro atoms. The van der Waals surface area contributed by atoms with Gasteiger partial charge in [-0.25, -0.2) is 0 Å². The van der Waals surface area contributed by atoms with Gasteiger partial charge in [-0.3, -0.25) is 9.59 Å². The van der Waals surface area contributed by atoms with Gasteiger partial charge in [-0.1, -0.05) is 0 Å². The zero-order valence-corrected chi connectivity index (χ0v) is 11.8. The molecule has 0 fully saturated rings. The molecule has 1 amide bonds. The fourth-order valence-electron chi connectivity index (χ4n) is 1.52. The zero-order chi connectivity index (χ0) is 17.2. The second kappa shape index (κ2) is 8.46. The molecule has 1 aromatic carbocycles. The molecule has 8 heteroatoms. The van der Waals surface area contributed by atoms with Crippen LogP contribution in [0.15, 0.2) is 35.5 Å². The zero-order valence-electron chi connectivity index (χ0n) is 11.8. The third kappa shape index (κ3) is 5.22. The number of carboxylic acids is 1. The van der Waals surface area contributed by atoms with Crippen molar-refractivity contribution >= 4 is 17.6 Å². The smallest absolute Gasteiger partial charge is 0.305 e. The number of nitrogens with one attached hydrogen (secondary N) is 2. The lowest BCUT2D eigenvalue weighted by molar-refractivity contribution is -0.136. The van der Waals surface area contributed by atoms with E-state index in [1.165, 1.54) is 24.3 Å². The Bertz CT molecular complexity index is 744. The first-order chi connectivity index (χ1) is 11.0. The van der Waals surface area contributed by atoms with Gasteiger partial charge >= 0.3 is 5.97 Å². The van der Waals surface area contributed by atoms with Crippen LogP contribution in [0.2, 0.25) is 0 Å². The molecule has 0 bridgehead atoms. The SMILES string of the molecule is N#CC(C#N)=C(C#N)Nc1ccc(C(=O)NCCC(=O)O)cc1. The first-order valence-electron chi connectivity index (χ1n) is 6.33. The van der Waals surface area contributed by atoms with E-state index in [0.717, 1.165) is 0 Å². The molecule has 0 atom stereocenters. The maximum atomic E-state index is 11.7. The molecule has 0 unspecified atom stereocenters. The molecular formula is C15H11N5O3. The van der Waals surface area contributed by atoms with Crippen molar-refractivity contribution in [3.63, 3.8) is 0 Å². The summed E-state index contributed by atoms with van der Waals surface area (Å²) in [6, 6.07) is 10.8. The molecule has 1 aromatic rings. The number of hydrogen-bond donors (Lipinski definition) is 3. The minimum absolute atomic E-state index is 0.0170. The Balaban J connectivity index is 2.78. The Kier molecular flexibility index (Phi) is 6.33. The monoisotopic (exact) mass is 309 g/mol. The van der Waals surface area contributed by atoms with Crippen molar-refractivity contribution in [1.29, 1.82) is 15.8 Å². The molecule has 0 saturated carbocycles. The van der Waals surface area contributed by atoms with E-state index in [-0.39, 0.29) is 24.2 Å². The number of benzene rings is 1. The van der Waals surface area contributed by atoms with Crippen LogP contribution in [0.4, 0.5) is 5.69 Å². The highest BCUT2D eigenvalue weighted by atomic mass is 16.4. The quantitative estimate of drug-likeness (QED) is 0.666. The summed E-state index contributed by atoms with van der Waals surface area (Å²) < 4.78 is 0. The van der Waals surface area contributed by atoms with Crippen molar-refractivity contribution < 1.29 is 14.7 Å². The minimum Gasteiger partial charge on any atom is -0.481 e. The number of nitriles is 3. The Labute approximate surface area is 131 Å². The van der Waals surface area contributed by atoms with Gasteiger partial charge in [-0.15, -0.1) is 0 Å². The molecule has 0 aliphatic heterocycles. The van der Waals surface area contributed by atoms with Crippen LogP contribution in [0.3, 0.4) is 0 Å². The van der Waals surface area contributed by atoms with E-state index in [2.05, 4.69) is 10.6 Å². The summed E-state index contributed by atoms with van der Waals surface area (Å²) in [6.45, 7) is 0.0170. The van der Waals surface area contributed by atoms with Crippen LogP contribution in [0.1, 0.15) is 16.8 Å². The highest BCUT2D eigenvalue weighted by Crippen LogP contribution is 2.13. The number of carbonyl (C=O) groups is 2. The maximum Gasteiger partial charge on any atom is 0.305 e. The van der Waals surface area contributed by atoms with Crippen molar-refractivity contribution in [2.45, 2.75) is 6.42 Å². The predicted molar refractivity (Wildman–Crippen MR) is 78.5 cm³/mol. The van der Waals surface area contributed by atoms with E-state index in [9.17, 15) is 9.59 Å². The number of aliphatic carboxylic acids is 1. The third-order valence-electron chi connectivity index (χ3n) is 2.63. The summed E-state index contributed by atoms with van der Waals surface area (Å²) in [7, 11) is 0. The molecule has 0 radical (unpaired) electrons. The predicted octanol–water partition coefficient (Wildman–Crippen LogP) is 1.13. The van der Waals surface area contributed by atoms with Gasteiger partial charge in [0.1, 0.15) is 23.9 Å². The lowest BCUT2D eigenvalue weighted by Gasteiger charge is -2.07. The second-order valence-corrected chi connectivity index (χ2v) is 4.19. The van der Waals surface area contributed by atoms with Crippen molar-refractivity contribution in [2.24, 2.45) is 0 Å². The van der Waals surface area contributed by atoms with Crippen LogP contribution in [-0.4, -0.2) is 23.5 Å². The maximum absolute atomic E-state index is 11.7. The number of rotatable bonds is 6. The van der Waals surface area contributed by atoms with Crippen LogP contribution in [0.5, 0.6) is 0 Å². The molecule has 0 heterocycles. The van der Waals surface area contributed by atoms with E-state index < -0.39 is 11.9 Å². The number of nitrogens with zero attached hydrogens (tertiary/aromatic N) is 3. The molecule has 3 N–H and O–H groups in total. The topological polar surface area (TPSA) is 150 Å². The van der Waals surface area contributed by atoms with Gasteiger partial charge in [0.05, 0.1) is 6.42 Å². The first-order valence-corrected chi connectivity index (χ1v) is 6.33. The molecule has 1 rings (SSSR count). The lowest BCUT2D eigenvalue weighted by atomic mass is 10.1. The van der Waals surface area contributed by atoms with Gasteiger partial charge in [-0.05, 0) is 24.3 Å². The minimum atomic E-state index is -1.01. The Morgan fingerprint density at radius 2 is 1.65 bits per heavy atom. The molecule has 114 valence electrons. The van der Waals surface area contributed by atoms with E-state index in [1.54, 1.807) is 18.2 Å². The highest BCUT2D eigenvalue weighted by molar-refractivity contribution is 5.94. The first kappa shape index (κ1) is 17.2. The Morgan fingerprint density at radius 1 is 1.04 bits per heavy atom. The van der Waals surface area contributed by atoms with Crippen LogP contribution < -0.4 is 10.6 Å². The molecular weight excluding hydrogens is 298 g/mol. The van der Waals surface area contributed by atoms with Gasteiger partial charge < -0.3 is 15.7 Å². The second-order valence-electron chi connectivity index (χ2n) is 4.19. The molecule has 0 aliphatic rings. The average Bonchev–Trinajstić information content (AvgIpc) is 2.55. The summed E-state index contributed by atoms with van der Waals surface area (Å²) in [5.74, 6) is -1.44. The normalized spacial score (nSPS) is 8.74. The molecule has 0 saturated heterocycles. The van der Waals surface area contributed by atoms with Crippen molar-refractivity contribution in [3.05, 3.63) is 41.1 Å². The van der Waals surface area contributed by atoms with E-state index in [4.69, 9.17) is 20.9 Å². The average molecular weight is 309 g/mol. The number of amides is 1. The fraction of sp³-hybridized carbons (Fsp3) is 0.133. The number of carbonyl (C=O) groups excluding carboxylic acids is 1. The third-order valence-corrected chi connectivity index (χ3v) is 2.63. The Morgan fingerprint density at radius 3 is 2.13 bits per heavy atom. The van der Waals surface area contributed by atoms with Gasteiger partial charge in [-0.2, -0.15) is 15.8 Å². The van der Waals surface area contributed by atoms with Crippen molar-refractivity contribution in [3.8, 4) is 18.2 Å². The Hall–Kier alpha value is -3.83. The number of anilines is 1. The molecule has 8 nitrogen and oxygen atoms in total. The van der Waals surface area contributed by atoms with Crippen LogP contribution >= 0.6 is 0 Å². The molecule has 23 heavy (non-hydrogen) atoms. The van der Waals surface area contributed by atoms with Crippen LogP contribution in [0.25, 0.3) is 0 Å². The number of carboxylic acid groups (broad SMARTS) is 1. The lowest BCUT2D eigenvalue weighted by Crippen LogP contribution is -2.25. The highest BCUT2D eigenvalue weighted by Gasteiger charge is 2.08. The molecule has 0 aromatic heterocycles. The van der Waals surface area contributed by atoms with Gasteiger partial charge in [0.2, 0.25) is 0 Å². The summed E-state index contributed by atoms with van der Waals surface area (Å²) in [5.41, 5.74) is 0.201. The van der Waals surface area contributed by atoms with Gasteiger partial charge in [0.25, 0.3) is 5.91 Å². The van der Waals surface area contributed by atoms with Crippen molar-refractivity contribution in [2.75, 3.05) is 11.9 Å². The summed E-state index contributed by atoms with van der Waals surface area (Å²) in [5, 5.41) is 39.9. The van der Waals surface area contributed by atoms with Gasteiger partial charge in [0.15, 0.2) is 5.57 Å². The fourth-order valence-corrected chi connectivity index (χ4v) is 1.52. The van der Waals surface area contributed by atoms with Crippen molar-refractivity contribution in [1.82, 2.24) is 5.32 Å². The summed E-state index contributed by atoms with van der Waals surface area (Å²) in [4.78, 5) is 22.1. The van der Waals surface area contributed by atoms with Gasteiger partial charge in [0, 0.05) is 17.8 Å². The largest absolute Gasteiger partial charge is 0.481 e. The summed E-state index contributed by atoms with van der Waals surface area (Å²) in [6.07, 6.45) is -0.174. The van der Waals surface area contributed by atoms with E-state index in [1.807, 2.05) is 0 Å². The van der Waals surface area contributed by atoms with E-state index >= 15 is 0 Å². The van der Waals surface area contributed by atoms with E-state index in [0.29, 0.717) is 11.3 Å². The van der Waals surface area contributed by atoms with Crippen LogP contribution in [-0.2, 0) is 4.79 Å². The standard InChI is InChI=1S/C15H11N5O3/c16-7-11(8-17)13(9-18)20-12-3-1-10(2-4-12)15(23)19-6-5-14(21)22/h1-4,20H,5-6H2,(H,19,23)(H,21,22). The molecule has 0 aliphatic carbocycles.